The fraction of sp³-hybridized carbons (Fsp3) is 0.625. The number of benzene rings is 1. The minimum atomic E-state index is -4.27. The van der Waals surface area contributed by atoms with Gasteiger partial charge in [-0.05, 0) is 50.0 Å². The SMILES string of the molecule is CCN(Cc1ccccc1C(F)(F)F)CC1CCNCC1. The molecule has 118 valence electrons. The van der Waals surface area contributed by atoms with Crippen molar-refractivity contribution in [1.82, 2.24) is 10.2 Å². The van der Waals surface area contributed by atoms with Gasteiger partial charge in [0.25, 0.3) is 0 Å². The van der Waals surface area contributed by atoms with E-state index in [-0.39, 0.29) is 0 Å². The quantitative estimate of drug-likeness (QED) is 0.895. The van der Waals surface area contributed by atoms with Gasteiger partial charge in [0.1, 0.15) is 0 Å². The Morgan fingerprint density at radius 2 is 1.86 bits per heavy atom. The predicted molar refractivity (Wildman–Crippen MR) is 78.0 cm³/mol. The van der Waals surface area contributed by atoms with E-state index in [2.05, 4.69) is 10.2 Å². The highest BCUT2D eigenvalue weighted by molar-refractivity contribution is 5.29. The van der Waals surface area contributed by atoms with E-state index in [1.807, 2.05) is 6.92 Å². The normalized spacial score (nSPS) is 17.4. The molecular weight excluding hydrogens is 277 g/mol. The van der Waals surface area contributed by atoms with Crippen LogP contribution in [0.15, 0.2) is 24.3 Å². The van der Waals surface area contributed by atoms with Gasteiger partial charge in [-0.1, -0.05) is 25.1 Å². The van der Waals surface area contributed by atoms with Crippen LogP contribution in [0.25, 0.3) is 0 Å². The van der Waals surface area contributed by atoms with Crippen molar-refractivity contribution in [2.75, 3.05) is 26.2 Å². The number of halogens is 3. The molecule has 1 saturated heterocycles. The number of hydrogen-bond acceptors (Lipinski definition) is 2. The standard InChI is InChI=1S/C16H23F3N2/c1-2-21(11-13-7-9-20-10-8-13)12-14-5-3-4-6-15(14)16(17,18)19/h3-6,13,20H,2,7-12H2,1H3. The molecule has 1 aliphatic rings. The minimum Gasteiger partial charge on any atom is -0.317 e. The van der Waals surface area contributed by atoms with Gasteiger partial charge in [-0.2, -0.15) is 13.2 Å². The molecule has 0 amide bonds. The first-order valence-corrected chi connectivity index (χ1v) is 7.59. The summed E-state index contributed by atoms with van der Waals surface area (Å²) in [4.78, 5) is 2.13. The zero-order chi connectivity index (χ0) is 15.3. The monoisotopic (exact) mass is 300 g/mol. The Balaban J connectivity index is 2.04. The molecule has 0 bridgehead atoms. The van der Waals surface area contributed by atoms with Crippen LogP contribution in [0.5, 0.6) is 0 Å². The predicted octanol–water partition coefficient (Wildman–Crippen LogP) is 3.53. The molecule has 1 aliphatic heterocycles. The molecule has 1 aromatic rings. The number of piperidine rings is 1. The van der Waals surface area contributed by atoms with E-state index in [0.717, 1.165) is 39.0 Å². The molecule has 21 heavy (non-hydrogen) atoms. The molecule has 1 N–H and O–H groups in total. The number of hydrogen-bond donors (Lipinski definition) is 1. The van der Waals surface area contributed by atoms with E-state index in [4.69, 9.17) is 0 Å². The van der Waals surface area contributed by atoms with Crippen molar-refractivity contribution in [2.24, 2.45) is 5.92 Å². The molecule has 0 aliphatic carbocycles. The topological polar surface area (TPSA) is 15.3 Å². The summed E-state index contributed by atoms with van der Waals surface area (Å²) in [5.41, 5.74) is -0.130. The summed E-state index contributed by atoms with van der Waals surface area (Å²) in [6.07, 6.45) is -2.06. The number of alkyl halides is 3. The van der Waals surface area contributed by atoms with Crippen molar-refractivity contribution in [3.8, 4) is 0 Å². The Morgan fingerprint density at radius 1 is 1.19 bits per heavy atom. The van der Waals surface area contributed by atoms with E-state index in [1.54, 1.807) is 12.1 Å². The van der Waals surface area contributed by atoms with E-state index < -0.39 is 11.7 Å². The summed E-state index contributed by atoms with van der Waals surface area (Å²) in [5, 5.41) is 3.32. The first-order chi connectivity index (χ1) is 10.0. The largest absolute Gasteiger partial charge is 0.416 e. The zero-order valence-electron chi connectivity index (χ0n) is 12.4. The smallest absolute Gasteiger partial charge is 0.317 e. The van der Waals surface area contributed by atoms with Gasteiger partial charge in [-0.3, -0.25) is 4.90 Å². The van der Waals surface area contributed by atoms with Crippen LogP contribution in [0.1, 0.15) is 30.9 Å². The Hall–Kier alpha value is -1.07. The third kappa shape index (κ3) is 4.71. The average molecular weight is 300 g/mol. The summed E-state index contributed by atoms with van der Waals surface area (Å²) in [6, 6.07) is 5.90. The fourth-order valence-corrected chi connectivity index (χ4v) is 2.91. The van der Waals surface area contributed by atoms with E-state index in [9.17, 15) is 13.2 Å². The maximum Gasteiger partial charge on any atom is 0.416 e. The molecule has 0 spiro atoms. The molecule has 1 aromatic carbocycles. The van der Waals surface area contributed by atoms with Crippen molar-refractivity contribution in [1.29, 1.82) is 0 Å². The molecule has 0 saturated carbocycles. The van der Waals surface area contributed by atoms with Gasteiger partial charge in [-0.15, -0.1) is 0 Å². The highest BCUT2D eigenvalue weighted by atomic mass is 19.4. The highest BCUT2D eigenvalue weighted by Crippen LogP contribution is 2.32. The summed E-state index contributed by atoms with van der Waals surface area (Å²) < 4.78 is 39.1. The van der Waals surface area contributed by atoms with Gasteiger partial charge in [0.15, 0.2) is 0 Å². The van der Waals surface area contributed by atoms with E-state index in [0.29, 0.717) is 18.0 Å². The Bertz CT molecular complexity index is 439. The van der Waals surface area contributed by atoms with Gasteiger partial charge in [0.05, 0.1) is 5.56 Å². The molecule has 0 unspecified atom stereocenters. The van der Waals surface area contributed by atoms with Gasteiger partial charge in [0, 0.05) is 13.1 Å². The molecule has 0 radical (unpaired) electrons. The van der Waals surface area contributed by atoms with Crippen LogP contribution in [0.2, 0.25) is 0 Å². The number of nitrogens with zero attached hydrogens (tertiary/aromatic N) is 1. The summed E-state index contributed by atoms with van der Waals surface area (Å²) in [5.74, 6) is 0.587. The third-order valence-corrected chi connectivity index (χ3v) is 4.14. The lowest BCUT2D eigenvalue weighted by atomic mass is 9.97. The Labute approximate surface area is 124 Å². The van der Waals surface area contributed by atoms with Crippen molar-refractivity contribution >= 4 is 0 Å². The van der Waals surface area contributed by atoms with Gasteiger partial charge in [0.2, 0.25) is 0 Å². The van der Waals surface area contributed by atoms with Crippen molar-refractivity contribution < 1.29 is 13.2 Å². The van der Waals surface area contributed by atoms with Crippen LogP contribution in [0.4, 0.5) is 13.2 Å². The summed E-state index contributed by atoms with van der Waals surface area (Å²) >= 11 is 0. The number of nitrogens with one attached hydrogen (secondary N) is 1. The number of rotatable bonds is 5. The van der Waals surface area contributed by atoms with Crippen molar-refractivity contribution in [3.63, 3.8) is 0 Å². The third-order valence-electron chi connectivity index (χ3n) is 4.14. The van der Waals surface area contributed by atoms with Gasteiger partial charge >= 0.3 is 6.18 Å². The van der Waals surface area contributed by atoms with Crippen molar-refractivity contribution in [2.45, 2.75) is 32.5 Å². The lowest BCUT2D eigenvalue weighted by Gasteiger charge is -2.30. The minimum absolute atomic E-state index is 0.371. The Morgan fingerprint density at radius 3 is 2.48 bits per heavy atom. The zero-order valence-corrected chi connectivity index (χ0v) is 12.4. The Kier molecular flexibility index (Phi) is 5.65. The second kappa shape index (κ2) is 7.27. The highest BCUT2D eigenvalue weighted by Gasteiger charge is 2.33. The summed E-state index contributed by atoms with van der Waals surface area (Å²) in [6.45, 7) is 6.07. The van der Waals surface area contributed by atoms with Crippen LogP contribution in [-0.2, 0) is 12.7 Å². The molecule has 2 nitrogen and oxygen atoms in total. The fourth-order valence-electron chi connectivity index (χ4n) is 2.91. The second-order valence-corrected chi connectivity index (χ2v) is 5.68. The van der Waals surface area contributed by atoms with E-state index >= 15 is 0 Å². The average Bonchev–Trinajstić information content (AvgIpc) is 2.47. The molecule has 2 rings (SSSR count). The van der Waals surface area contributed by atoms with E-state index in [1.165, 1.54) is 12.1 Å². The maximum absolute atomic E-state index is 13.0. The first-order valence-electron chi connectivity index (χ1n) is 7.59. The second-order valence-electron chi connectivity index (χ2n) is 5.68. The van der Waals surface area contributed by atoms with Crippen LogP contribution in [-0.4, -0.2) is 31.1 Å². The van der Waals surface area contributed by atoms with Crippen LogP contribution in [0.3, 0.4) is 0 Å². The molecule has 1 fully saturated rings. The molecule has 1 heterocycles. The molecule has 0 atom stereocenters. The maximum atomic E-state index is 13.0. The first kappa shape index (κ1) is 16.3. The molecular formula is C16H23F3N2. The summed E-state index contributed by atoms with van der Waals surface area (Å²) in [7, 11) is 0. The van der Waals surface area contributed by atoms with Crippen LogP contribution < -0.4 is 5.32 Å². The van der Waals surface area contributed by atoms with Crippen molar-refractivity contribution in [3.05, 3.63) is 35.4 Å². The molecule has 5 heteroatoms. The van der Waals surface area contributed by atoms with Crippen LogP contribution in [0, 0.1) is 5.92 Å². The van der Waals surface area contributed by atoms with Crippen LogP contribution >= 0.6 is 0 Å². The lowest BCUT2D eigenvalue weighted by molar-refractivity contribution is -0.138. The van der Waals surface area contributed by atoms with Gasteiger partial charge < -0.3 is 5.32 Å². The molecule has 0 aromatic heterocycles. The lowest BCUT2D eigenvalue weighted by Crippen LogP contribution is -2.36. The van der Waals surface area contributed by atoms with Gasteiger partial charge in [-0.25, -0.2) is 0 Å².